The number of nitrogens with one attached hydrogen (secondary N) is 1. The van der Waals surface area contributed by atoms with Gasteiger partial charge in [-0.05, 0) is 17.4 Å². The maximum atomic E-state index is 14.1. The van der Waals surface area contributed by atoms with Crippen LogP contribution in [0.25, 0.3) is 0 Å². The molecule has 0 bridgehead atoms. The van der Waals surface area contributed by atoms with Crippen molar-refractivity contribution >= 4 is 19.1 Å². The number of hydrogen-bond acceptors (Lipinski definition) is 6. The summed E-state index contributed by atoms with van der Waals surface area (Å²) >= 11 is 0. The Morgan fingerprint density at radius 2 is 2.00 bits per heavy atom. The largest absolute Gasteiger partial charge is 0.475 e. The lowest BCUT2D eigenvalue weighted by molar-refractivity contribution is -0.129. The number of amides is 2. The van der Waals surface area contributed by atoms with Gasteiger partial charge in [0.1, 0.15) is 18.2 Å². The first-order valence-corrected chi connectivity index (χ1v) is 10.5. The number of hydrogen-bond donors (Lipinski definition) is 3. The molecule has 2 rings (SSSR count). The molecule has 0 aromatic heterocycles. The molecule has 1 aromatic rings. The Morgan fingerprint density at radius 3 is 2.55 bits per heavy atom. The monoisotopic (exact) mass is 463 g/mol. The van der Waals surface area contributed by atoms with E-state index in [9.17, 15) is 33.7 Å². The van der Waals surface area contributed by atoms with Crippen LogP contribution in [0.3, 0.4) is 0 Å². The van der Waals surface area contributed by atoms with Gasteiger partial charge in [0.05, 0.1) is 18.5 Å². The lowest BCUT2D eigenvalue weighted by Crippen LogP contribution is -2.49. The van der Waals surface area contributed by atoms with Crippen LogP contribution in [-0.4, -0.2) is 65.1 Å². The molecule has 0 radical (unpaired) electrons. The SMILES string of the molecule is CC(C)(C)/C=C(\C#N)C(=O)N1CC(F)(F)C[C@@H]1COC(=O)N[C@@H](Cc1ccccc1)B(O)O. The molecule has 1 aliphatic heterocycles. The van der Waals surface area contributed by atoms with Gasteiger partial charge in [-0.2, -0.15) is 5.26 Å². The molecule has 1 aliphatic rings. The molecule has 1 fully saturated rings. The van der Waals surface area contributed by atoms with Crippen molar-refractivity contribution in [3.63, 3.8) is 0 Å². The normalized spacial score (nSPS) is 18.9. The molecule has 0 unspecified atom stereocenters. The number of carbonyl (C=O) groups excluding carboxylic acids is 2. The van der Waals surface area contributed by atoms with E-state index in [2.05, 4.69) is 5.32 Å². The molecule has 0 spiro atoms. The summed E-state index contributed by atoms with van der Waals surface area (Å²) in [6, 6.07) is 9.40. The fourth-order valence-corrected chi connectivity index (χ4v) is 3.48. The molecule has 8 nitrogen and oxygen atoms in total. The minimum Gasteiger partial charge on any atom is -0.447 e. The number of likely N-dealkylation sites (tertiary alicyclic amines) is 1. The van der Waals surface area contributed by atoms with Crippen LogP contribution in [0.5, 0.6) is 0 Å². The smallest absolute Gasteiger partial charge is 0.447 e. The Kier molecular flexibility index (Phi) is 8.58. The first kappa shape index (κ1) is 26.3. The average Bonchev–Trinajstić information content (AvgIpc) is 3.04. The summed E-state index contributed by atoms with van der Waals surface area (Å²) in [7, 11) is -1.88. The summed E-state index contributed by atoms with van der Waals surface area (Å²) in [5, 5.41) is 30.8. The van der Waals surface area contributed by atoms with E-state index in [-0.39, 0.29) is 12.0 Å². The third kappa shape index (κ3) is 8.15. The van der Waals surface area contributed by atoms with Gasteiger partial charge in [-0.15, -0.1) is 0 Å². The van der Waals surface area contributed by atoms with E-state index >= 15 is 0 Å². The molecule has 1 heterocycles. The van der Waals surface area contributed by atoms with Gasteiger partial charge in [0.2, 0.25) is 0 Å². The Morgan fingerprint density at radius 1 is 1.36 bits per heavy atom. The van der Waals surface area contributed by atoms with Crippen molar-refractivity contribution in [1.29, 1.82) is 5.26 Å². The van der Waals surface area contributed by atoms with Gasteiger partial charge in [-0.3, -0.25) is 4.79 Å². The fourth-order valence-electron chi connectivity index (χ4n) is 3.48. The van der Waals surface area contributed by atoms with Gasteiger partial charge in [-0.25, -0.2) is 13.6 Å². The number of carbonyl (C=O) groups is 2. The average molecular weight is 463 g/mol. The highest BCUT2D eigenvalue weighted by Crippen LogP contribution is 2.33. The maximum absolute atomic E-state index is 14.1. The highest BCUT2D eigenvalue weighted by Gasteiger charge is 2.48. The second-order valence-electron chi connectivity index (χ2n) is 9.14. The van der Waals surface area contributed by atoms with Crippen LogP contribution in [0.1, 0.15) is 32.8 Å². The third-order valence-electron chi connectivity index (χ3n) is 4.93. The van der Waals surface area contributed by atoms with Crippen molar-refractivity contribution in [2.24, 2.45) is 5.41 Å². The Balaban J connectivity index is 2.05. The zero-order chi connectivity index (χ0) is 24.8. The first-order chi connectivity index (χ1) is 15.3. The van der Waals surface area contributed by atoms with E-state index < -0.39 is 62.0 Å². The Hall–Kier alpha value is -2.97. The lowest BCUT2D eigenvalue weighted by Gasteiger charge is -2.25. The quantitative estimate of drug-likeness (QED) is 0.323. The predicted octanol–water partition coefficient (Wildman–Crippen LogP) is 2.07. The summed E-state index contributed by atoms with van der Waals surface area (Å²) in [4.78, 5) is 25.8. The number of alkyl halides is 2. The second kappa shape index (κ2) is 10.8. The van der Waals surface area contributed by atoms with E-state index in [0.29, 0.717) is 0 Å². The van der Waals surface area contributed by atoms with Crippen LogP contribution in [-0.2, 0) is 16.0 Å². The molecular formula is C22H28BF2N3O5. The Labute approximate surface area is 192 Å². The van der Waals surface area contributed by atoms with E-state index in [1.54, 1.807) is 57.2 Å². The van der Waals surface area contributed by atoms with Gasteiger partial charge < -0.3 is 25.0 Å². The minimum absolute atomic E-state index is 0.100. The maximum Gasteiger partial charge on any atom is 0.475 e. The van der Waals surface area contributed by atoms with E-state index in [1.165, 1.54) is 6.08 Å². The minimum atomic E-state index is -3.19. The number of nitrogens with zero attached hydrogens (tertiary/aromatic N) is 2. The fraction of sp³-hybridized carbons (Fsp3) is 0.500. The van der Waals surface area contributed by atoms with E-state index in [1.807, 2.05) is 0 Å². The van der Waals surface area contributed by atoms with Crippen LogP contribution in [0.15, 0.2) is 42.0 Å². The number of rotatable bonds is 7. The first-order valence-electron chi connectivity index (χ1n) is 10.5. The number of ether oxygens (including phenoxy) is 1. The molecule has 2 amide bonds. The molecule has 1 aromatic carbocycles. The highest BCUT2D eigenvalue weighted by atomic mass is 19.3. The standard InChI is InChI=1S/C22H28BF2N3O5/c1-21(2,3)10-16(12-26)19(29)28-14-22(24,25)11-17(28)13-33-20(30)27-18(23(31)32)9-15-7-5-4-6-8-15/h4-8,10,17-18,31-32H,9,11,13-14H2,1-3H3,(H,27,30)/b16-10+/t17-,18+/m1/s1. The number of nitriles is 1. The van der Waals surface area contributed by atoms with Crippen molar-refractivity contribution < 1.29 is 33.2 Å². The summed E-state index contributed by atoms with van der Waals surface area (Å²) in [5.74, 6) is -5.14. The molecule has 2 atom stereocenters. The van der Waals surface area contributed by atoms with Crippen LogP contribution in [0, 0.1) is 16.7 Å². The van der Waals surface area contributed by atoms with Gasteiger partial charge in [0, 0.05) is 6.42 Å². The van der Waals surface area contributed by atoms with E-state index in [0.717, 1.165) is 10.5 Å². The zero-order valence-electron chi connectivity index (χ0n) is 18.8. The molecule has 3 N–H and O–H groups in total. The van der Waals surface area contributed by atoms with Gasteiger partial charge in [0.15, 0.2) is 0 Å². The number of benzene rings is 1. The van der Waals surface area contributed by atoms with E-state index in [4.69, 9.17) is 4.74 Å². The van der Waals surface area contributed by atoms with Crippen LogP contribution in [0.2, 0.25) is 0 Å². The Bertz CT molecular complexity index is 913. The summed E-state index contributed by atoms with van der Waals surface area (Å²) in [5.41, 5.74) is -0.0490. The molecule has 33 heavy (non-hydrogen) atoms. The van der Waals surface area contributed by atoms with Crippen molar-refractivity contribution in [2.45, 2.75) is 51.5 Å². The van der Waals surface area contributed by atoms with Crippen LogP contribution in [0.4, 0.5) is 13.6 Å². The lowest BCUT2D eigenvalue weighted by atomic mass is 9.76. The molecule has 0 aliphatic carbocycles. The van der Waals surface area contributed by atoms with Gasteiger partial charge >= 0.3 is 13.2 Å². The van der Waals surface area contributed by atoms with Crippen LogP contribution < -0.4 is 5.32 Å². The topological polar surface area (TPSA) is 123 Å². The molecule has 1 saturated heterocycles. The predicted molar refractivity (Wildman–Crippen MR) is 117 cm³/mol. The molecule has 0 saturated carbocycles. The summed E-state index contributed by atoms with van der Waals surface area (Å²) < 4.78 is 33.2. The number of halogens is 2. The molecular weight excluding hydrogens is 435 g/mol. The summed E-state index contributed by atoms with van der Waals surface area (Å²) in [6.07, 6.45) is -0.260. The van der Waals surface area contributed by atoms with Gasteiger partial charge in [-0.1, -0.05) is 57.2 Å². The third-order valence-corrected chi connectivity index (χ3v) is 4.93. The second-order valence-corrected chi connectivity index (χ2v) is 9.14. The number of allylic oxidation sites excluding steroid dienone is 1. The summed E-state index contributed by atoms with van der Waals surface area (Å²) in [6.45, 7) is 3.87. The number of alkyl carbamates (subject to hydrolysis) is 1. The van der Waals surface area contributed by atoms with Crippen molar-refractivity contribution in [3.05, 3.63) is 47.5 Å². The zero-order valence-corrected chi connectivity index (χ0v) is 18.8. The highest BCUT2D eigenvalue weighted by molar-refractivity contribution is 6.43. The van der Waals surface area contributed by atoms with Crippen molar-refractivity contribution in [1.82, 2.24) is 10.2 Å². The van der Waals surface area contributed by atoms with Crippen LogP contribution >= 0.6 is 0 Å². The van der Waals surface area contributed by atoms with Gasteiger partial charge in [0.25, 0.3) is 11.8 Å². The molecule has 178 valence electrons. The van der Waals surface area contributed by atoms with Crippen molar-refractivity contribution in [2.75, 3.05) is 13.2 Å². The van der Waals surface area contributed by atoms with Crippen molar-refractivity contribution in [3.8, 4) is 6.07 Å². The molecule has 11 heteroatoms.